The molecule has 0 radical (unpaired) electrons. The van der Waals surface area contributed by atoms with E-state index in [4.69, 9.17) is 0 Å². The van der Waals surface area contributed by atoms with Crippen molar-refractivity contribution in [3.8, 4) is 0 Å². The predicted molar refractivity (Wildman–Crippen MR) is 69.5 cm³/mol. The number of carbonyl (C=O) groups is 1. The van der Waals surface area contributed by atoms with Crippen LogP contribution in [0.15, 0.2) is 17.1 Å². The smallest absolute Gasteiger partial charge is 0.235 e. The van der Waals surface area contributed by atoms with Crippen LogP contribution in [0, 0.1) is 20.8 Å². The molecule has 0 saturated carbocycles. The summed E-state index contributed by atoms with van der Waals surface area (Å²) in [6.45, 7) is 6.51. The zero-order valence-electron chi connectivity index (χ0n) is 10.9. The van der Waals surface area contributed by atoms with Gasteiger partial charge in [0.05, 0.1) is 12.5 Å². The molecule has 1 saturated heterocycles. The molecule has 2 rings (SSSR count). The van der Waals surface area contributed by atoms with Crippen molar-refractivity contribution in [2.75, 3.05) is 11.4 Å². The highest BCUT2D eigenvalue weighted by Crippen LogP contribution is 2.30. The van der Waals surface area contributed by atoms with E-state index in [9.17, 15) is 9.59 Å². The first-order chi connectivity index (χ1) is 8.52. The summed E-state index contributed by atoms with van der Waals surface area (Å²) in [4.78, 5) is 27.6. The standard InChI is InChI=1S/C14H16N2O2/c1-9-4-10(2)14(11(3)5-9)16-7-12(15-8-17)6-13(16)18/h4-5,12H,6-7H2,1-3H3. The van der Waals surface area contributed by atoms with Crippen molar-refractivity contribution < 1.29 is 9.59 Å². The predicted octanol–water partition coefficient (Wildman–Crippen LogP) is 2.05. The molecule has 1 amide bonds. The molecule has 1 aliphatic rings. The topological polar surface area (TPSA) is 49.7 Å². The maximum atomic E-state index is 12.0. The van der Waals surface area contributed by atoms with Gasteiger partial charge in [0, 0.05) is 12.2 Å². The van der Waals surface area contributed by atoms with Gasteiger partial charge < -0.3 is 4.90 Å². The summed E-state index contributed by atoms with van der Waals surface area (Å²) in [6, 6.07) is 3.87. The second-order valence-electron chi connectivity index (χ2n) is 4.83. The van der Waals surface area contributed by atoms with Gasteiger partial charge in [0.1, 0.15) is 0 Å². The molecular formula is C14H16N2O2. The van der Waals surface area contributed by atoms with Crippen molar-refractivity contribution in [1.29, 1.82) is 0 Å². The Morgan fingerprint density at radius 2 is 1.89 bits per heavy atom. The number of anilines is 1. The zero-order valence-corrected chi connectivity index (χ0v) is 10.9. The van der Waals surface area contributed by atoms with E-state index in [0.29, 0.717) is 13.0 Å². The second-order valence-corrected chi connectivity index (χ2v) is 4.83. The first-order valence-electron chi connectivity index (χ1n) is 5.98. The first kappa shape index (κ1) is 12.5. The van der Waals surface area contributed by atoms with Crippen molar-refractivity contribution >= 4 is 17.7 Å². The summed E-state index contributed by atoms with van der Waals surface area (Å²) in [5, 5.41) is 0. The number of hydrogen-bond acceptors (Lipinski definition) is 3. The van der Waals surface area contributed by atoms with Gasteiger partial charge in [0.15, 0.2) is 0 Å². The Kier molecular flexibility index (Phi) is 3.30. The van der Waals surface area contributed by atoms with Crippen LogP contribution in [0.4, 0.5) is 5.69 Å². The Balaban J connectivity index is 2.38. The first-order valence-corrected chi connectivity index (χ1v) is 5.98. The fraction of sp³-hybridized carbons (Fsp3) is 0.429. The molecule has 0 spiro atoms. The van der Waals surface area contributed by atoms with Crippen molar-refractivity contribution in [2.45, 2.75) is 33.2 Å². The van der Waals surface area contributed by atoms with Gasteiger partial charge in [0.25, 0.3) is 0 Å². The summed E-state index contributed by atoms with van der Waals surface area (Å²) >= 11 is 0. The quantitative estimate of drug-likeness (QED) is 0.590. The van der Waals surface area contributed by atoms with E-state index in [1.807, 2.05) is 20.8 Å². The molecule has 0 N–H and O–H groups in total. The number of amides is 1. The number of aryl methyl sites for hydroxylation is 3. The van der Waals surface area contributed by atoms with E-state index in [1.54, 1.807) is 4.90 Å². The summed E-state index contributed by atoms with van der Waals surface area (Å²) in [5.74, 6) is 0.0223. The van der Waals surface area contributed by atoms with Crippen LogP contribution in [0.1, 0.15) is 23.1 Å². The number of aliphatic imine (C=N–C) groups is 1. The van der Waals surface area contributed by atoms with E-state index < -0.39 is 0 Å². The van der Waals surface area contributed by atoms with Gasteiger partial charge in [-0.15, -0.1) is 0 Å². The molecule has 4 heteroatoms. The van der Waals surface area contributed by atoms with E-state index in [-0.39, 0.29) is 11.9 Å². The van der Waals surface area contributed by atoms with Gasteiger partial charge >= 0.3 is 0 Å². The highest BCUT2D eigenvalue weighted by molar-refractivity contribution is 5.97. The number of isocyanates is 1. The number of hydrogen-bond donors (Lipinski definition) is 0. The average Bonchev–Trinajstić information content (AvgIpc) is 2.59. The monoisotopic (exact) mass is 244 g/mol. The molecule has 1 aromatic carbocycles. The molecule has 94 valence electrons. The molecule has 1 unspecified atom stereocenters. The molecular weight excluding hydrogens is 228 g/mol. The molecule has 1 aromatic rings. The van der Waals surface area contributed by atoms with Gasteiger partial charge in [-0.25, -0.2) is 9.79 Å². The molecule has 0 aliphatic carbocycles. The van der Waals surface area contributed by atoms with Crippen LogP contribution < -0.4 is 4.90 Å². The highest BCUT2D eigenvalue weighted by Gasteiger charge is 2.32. The molecule has 1 fully saturated rings. The molecule has 1 aliphatic heterocycles. The molecule has 0 bridgehead atoms. The van der Waals surface area contributed by atoms with E-state index in [1.165, 1.54) is 11.6 Å². The number of rotatable bonds is 2. The molecule has 1 atom stereocenters. The van der Waals surface area contributed by atoms with Gasteiger partial charge in [-0.05, 0) is 31.9 Å². The van der Waals surface area contributed by atoms with Crippen LogP contribution in [0.3, 0.4) is 0 Å². The maximum absolute atomic E-state index is 12.0. The third-order valence-electron chi connectivity index (χ3n) is 3.25. The molecule has 18 heavy (non-hydrogen) atoms. The minimum atomic E-state index is -0.255. The van der Waals surface area contributed by atoms with Crippen molar-refractivity contribution in [3.63, 3.8) is 0 Å². The summed E-state index contributed by atoms with van der Waals surface area (Å²) in [6.07, 6.45) is 1.83. The SMILES string of the molecule is Cc1cc(C)c(N2CC(N=C=O)CC2=O)c(C)c1. The van der Waals surface area contributed by atoms with Gasteiger partial charge in [-0.2, -0.15) is 0 Å². The van der Waals surface area contributed by atoms with E-state index in [0.717, 1.165) is 16.8 Å². The second kappa shape index (κ2) is 4.75. The molecule has 1 heterocycles. The number of carbonyl (C=O) groups excluding carboxylic acids is 2. The van der Waals surface area contributed by atoms with Crippen LogP contribution >= 0.6 is 0 Å². The number of benzene rings is 1. The largest absolute Gasteiger partial charge is 0.310 e. The number of nitrogens with zero attached hydrogens (tertiary/aromatic N) is 2. The third-order valence-corrected chi connectivity index (χ3v) is 3.25. The fourth-order valence-corrected chi connectivity index (χ4v) is 2.66. The lowest BCUT2D eigenvalue weighted by Gasteiger charge is -2.21. The lowest BCUT2D eigenvalue weighted by molar-refractivity contribution is -0.117. The third kappa shape index (κ3) is 2.20. The Bertz CT molecular complexity index is 522. The molecule has 4 nitrogen and oxygen atoms in total. The van der Waals surface area contributed by atoms with Crippen LogP contribution in [-0.4, -0.2) is 24.6 Å². The van der Waals surface area contributed by atoms with Gasteiger partial charge in [-0.1, -0.05) is 17.7 Å². The van der Waals surface area contributed by atoms with Gasteiger partial charge in [-0.3, -0.25) is 4.79 Å². The van der Waals surface area contributed by atoms with Crippen molar-refractivity contribution in [1.82, 2.24) is 0 Å². The summed E-state index contributed by atoms with van der Waals surface area (Å²) < 4.78 is 0. The highest BCUT2D eigenvalue weighted by atomic mass is 16.2. The van der Waals surface area contributed by atoms with Crippen LogP contribution in [0.2, 0.25) is 0 Å². The minimum Gasteiger partial charge on any atom is -0.310 e. The van der Waals surface area contributed by atoms with Crippen molar-refractivity contribution in [2.24, 2.45) is 4.99 Å². The van der Waals surface area contributed by atoms with Gasteiger partial charge in [0.2, 0.25) is 12.0 Å². The minimum absolute atomic E-state index is 0.0223. The fourth-order valence-electron chi connectivity index (χ4n) is 2.66. The lowest BCUT2D eigenvalue weighted by Crippen LogP contribution is -2.26. The zero-order chi connectivity index (χ0) is 13.3. The Labute approximate surface area is 106 Å². The van der Waals surface area contributed by atoms with E-state index >= 15 is 0 Å². The Morgan fingerprint density at radius 1 is 1.28 bits per heavy atom. The Hall–Kier alpha value is -1.93. The Morgan fingerprint density at radius 3 is 2.44 bits per heavy atom. The molecule has 0 aromatic heterocycles. The normalized spacial score (nSPS) is 18.9. The summed E-state index contributed by atoms with van der Waals surface area (Å²) in [7, 11) is 0. The lowest BCUT2D eigenvalue weighted by atomic mass is 10.0. The average molecular weight is 244 g/mol. The van der Waals surface area contributed by atoms with Crippen molar-refractivity contribution in [3.05, 3.63) is 28.8 Å². The van der Waals surface area contributed by atoms with Crippen LogP contribution in [0.5, 0.6) is 0 Å². The summed E-state index contributed by atoms with van der Waals surface area (Å²) in [5.41, 5.74) is 4.30. The van der Waals surface area contributed by atoms with Crippen LogP contribution in [-0.2, 0) is 9.59 Å². The van der Waals surface area contributed by atoms with E-state index in [2.05, 4.69) is 17.1 Å². The maximum Gasteiger partial charge on any atom is 0.235 e. The van der Waals surface area contributed by atoms with Crippen LogP contribution in [0.25, 0.3) is 0 Å².